The van der Waals surface area contributed by atoms with Crippen LogP contribution in [0.1, 0.15) is 18.2 Å². The van der Waals surface area contributed by atoms with Crippen molar-refractivity contribution in [3.8, 4) is 0 Å². The lowest BCUT2D eigenvalue weighted by molar-refractivity contribution is 0.762. The van der Waals surface area contributed by atoms with Gasteiger partial charge in [0.05, 0.1) is 0 Å². The number of nitrogens with zero attached hydrogens (tertiary/aromatic N) is 1. The Bertz CT molecular complexity index is 268. The van der Waals surface area contributed by atoms with Crippen molar-refractivity contribution in [3.63, 3.8) is 0 Å². The van der Waals surface area contributed by atoms with E-state index in [-0.39, 0.29) is 0 Å². The maximum Gasteiger partial charge on any atom is 0.0427 e. The molecule has 0 bridgehead atoms. The minimum atomic E-state index is 0.944. The summed E-state index contributed by atoms with van der Waals surface area (Å²) in [6, 6.07) is 2.14. The predicted molar refractivity (Wildman–Crippen MR) is 48.7 cm³/mol. The van der Waals surface area contributed by atoms with Crippen LogP contribution < -0.4 is 0 Å². The number of allylic oxidation sites excluding steroid dienone is 1. The van der Waals surface area contributed by atoms with Crippen LogP contribution in [0.2, 0.25) is 0 Å². The summed E-state index contributed by atoms with van der Waals surface area (Å²) >= 11 is 0. The first kappa shape index (κ1) is 8.12. The van der Waals surface area contributed by atoms with Gasteiger partial charge in [0.25, 0.3) is 0 Å². The van der Waals surface area contributed by atoms with Crippen LogP contribution in [0.5, 0.6) is 0 Å². The maximum atomic E-state index is 3.88. The van der Waals surface area contributed by atoms with E-state index in [1.165, 1.54) is 16.8 Å². The minimum absolute atomic E-state index is 0.944. The van der Waals surface area contributed by atoms with Crippen molar-refractivity contribution in [2.75, 3.05) is 0 Å². The van der Waals surface area contributed by atoms with Gasteiger partial charge >= 0.3 is 0 Å². The summed E-state index contributed by atoms with van der Waals surface area (Å²) in [7, 11) is 0. The van der Waals surface area contributed by atoms with Gasteiger partial charge in [-0.15, -0.1) is 0 Å². The number of hydrogen-bond donors (Lipinski definition) is 0. The highest BCUT2D eigenvalue weighted by atomic mass is 15.0. The van der Waals surface area contributed by atoms with E-state index in [1.54, 1.807) is 0 Å². The van der Waals surface area contributed by atoms with E-state index in [9.17, 15) is 0 Å². The van der Waals surface area contributed by atoms with Crippen LogP contribution in [0.3, 0.4) is 0 Å². The van der Waals surface area contributed by atoms with Gasteiger partial charge < -0.3 is 4.57 Å². The molecule has 1 heterocycles. The molecule has 0 aromatic carbocycles. The van der Waals surface area contributed by atoms with Gasteiger partial charge in [-0.3, -0.25) is 0 Å². The highest BCUT2D eigenvalue weighted by Crippen LogP contribution is 2.09. The van der Waals surface area contributed by atoms with E-state index in [1.807, 2.05) is 0 Å². The Labute approximate surface area is 68.4 Å². The van der Waals surface area contributed by atoms with Crippen molar-refractivity contribution >= 4 is 0 Å². The quantitative estimate of drug-likeness (QED) is 0.570. The lowest BCUT2D eigenvalue weighted by Crippen LogP contribution is -1.98. The molecule has 0 spiro atoms. The first-order valence-electron chi connectivity index (χ1n) is 3.88. The Hall–Kier alpha value is -0.980. The van der Waals surface area contributed by atoms with E-state index in [0.717, 1.165) is 6.54 Å². The molecule has 1 rings (SSSR count). The minimum Gasteiger partial charge on any atom is -0.347 e. The van der Waals surface area contributed by atoms with Gasteiger partial charge in [-0.25, -0.2) is 0 Å². The second-order valence-electron chi connectivity index (χ2n) is 3.17. The summed E-state index contributed by atoms with van der Waals surface area (Å²) < 4.78 is 2.22. The molecular weight excluding hydrogens is 134 g/mol. The summed E-state index contributed by atoms with van der Waals surface area (Å²) in [5, 5.41) is 0. The molecule has 0 radical (unpaired) electrons. The van der Waals surface area contributed by atoms with Crippen molar-refractivity contribution in [3.05, 3.63) is 35.7 Å². The topological polar surface area (TPSA) is 4.93 Å². The molecule has 0 N–H and O–H groups in total. The average Bonchev–Trinajstić information content (AvgIpc) is 2.18. The van der Waals surface area contributed by atoms with Crippen LogP contribution in [0.15, 0.2) is 24.4 Å². The lowest BCUT2D eigenvalue weighted by Gasteiger charge is -2.05. The number of aromatic nitrogens is 1. The molecule has 1 heteroatoms. The van der Waals surface area contributed by atoms with Gasteiger partial charge in [0, 0.05) is 18.4 Å². The lowest BCUT2D eigenvalue weighted by atomic mass is 10.3. The first-order valence-corrected chi connectivity index (χ1v) is 3.88. The zero-order valence-electron chi connectivity index (χ0n) is 7.52. The highest BCUT2D eigenvalue weighted by molar-refractivity contribution is 5.19. The number of aryl methyl sites for hydroxylation is 1. The molecule has 0 atom stereocenters. The van der Waals surface area contributed by atoms with Crippen molar-refractivity contribution in [1.82, 2.24) is 4.57 Å². The van der Waals surface area contributed by atoms with Crippen molar-refractivity contribution in [1.29, 1.82) is 0 Å². The normalized spacial score (nSPS) is 10.1. The first-order chi connectivity index (χ1) is 5.11. The van der Waals surface area contributed by atoms with E-state index >= 15 is 0 Å². The Kier molecular flexibility index (Phi) is 2.18. The standard InChI is InChI=1S/C10H15N/c1-8(2)7-11-6-5-9(3)10(11)4/h5-6H,1,7H2,2-4H3. The molecule has 0 aliphatic rings. The van der Waals surface area contributed by atoms with Crippen molar-refractivity contribution < 1.29 is 0 Å². The zero-order valence-corrected chi connectivity index (χ0v) is 7.52. The molecule has 0 aliphatic carbocycles. The zero-order chi connectivity index (χ0) is 8.43. The summed E-state index contributed by atoms with van der Waals surface area (Å²) in [6.45, 7) is 11.1. The molecule has 0 amide bonds. The third kappa shape index (κ3) is 1.73. The smallest absolute Gasteiger partial charge is 0.0427 e. The number of hydrogen-bond acceptors (Lipinski definition) is 0. The van der Waals surface area contributed by atoms with Gasteiger partial charge in [-0.05, 0) is 32.4 Å². The molecular formula is C10H15N. The summed E-state index contributed by atoms with van der Waals surface area (Å²) in [5.41, 5.74) is 3.89. The Morgan fingerprint density at radius 3 is 2.55 bits per heavy atom. The van der Waals surface area contributed by atoms with Crippen LogP contribution in [-0.4, -0.2) is 4.57 Å². The molecule has 11 heavy (non-hydrogen) atoms. The van der Waals surface area contributed by atoms with Crippen molar-refractivity contribution in [2.45, 2.75) is 27.3 Å². The third-order valence-electron chi connectivity index (χ3n) is 1.95. The largest absolute Gasteiger partial charge is 0.347 e. The molecule has 0 aliphatic heterocycles. The Morgan fingerprint density at radius 2 is 2.18 bits per heavy atom. The summed E-state index contributed by atoms with van der Waals surface area (Å²) in [5.74, 6) is 0. The van der Waals surface area contributed by atoms with E-state index in [2.05, 4.69) is 44.2 Å². The predicted octanol–water partition coefficient (Wildman–Crippen LogP) is 2.68. The Balaban J connectivity index is 2.87. The van der Waals surface area contributed by atoms with Crippen LogP contribution in [0.25, 0.3) is 0 Å². The summed E-state index contributed by atoms with van der Waals surface area (Å²) in [4.78, 5) is 0. The van der Waals surface area contributed by atoms with Gasteiger partial charge in [0.15, 0.2) is 0 Å². The van der Waals surface area contributed by atoms with E-state index in [0.29, 0.717) is 0 Å². The molecule has 0 fully saturated rings. The molecule has 0 saturated heterocycles. The number of rotatable bonds is 2. The SMILES string of the molecule is C=C(C)Cn1ccc(C)c1C. The maximum absolute atomic E-state index is 3.88. The molecule has 1 nitrogen and oxygen atoms in total. The fourth-order valence-electron chi connectivity index (χ4n) is 1.12. The van der Waals surface area contributed by atoms with Gasteiger partial charge in [-0.1, -0.05) is 12.2 Å². The van der Waals surface area contributed by atoms with Gasteiger partial charge in [-0.2, -0.15) is 0 Å². The van der Waals surface area contributed by atoms with Gasteiger partial charge in [0.2, 0.25) is 0 Å². The molecule has 1 aromatic rings. The average molecular weight is 149 g/mol. The van der Waals surface area contributed by atoms with Crippen LogP contribution in [-0.2, 0) is 6.54 Å². The van der Waals surface area contributed by atoms with Gasteiger partial charge in [0.1, 0.15) is 0 Å². The van der Waals surface area contributed by atoms with E-state index < -0.39 is 0 Å². The Morgan fingerprint density at radius 1 is 1.55 bits per heavy atom. The second kappa shape index (κ2) is 2.95. The van der Waals surface area contributed by atoms with Crippen molar-refractivity contribution in [2.24, 2.45) is 0 Å². The molecule has 1 aromatic heterocycles. The second-order valence-corrected chi connectivity index (χ2v) is 3.17. The van der Waals surface area contributed by atoms with Crippen LogP contribution in [0, 0.1) is 13.8 Å². The fraction of sp³-hybridized carbons (Fsp3) is 0.400. The van der Waals surface area contributed by atoms with E-state index in [4.69, 9.17) is 0 Å². The highest BCUT2D eigenvalue weighted by Gasteiger charge is 1.98. The summed E-state index contributed by atoms with van der Waals surface area (Å²) in [6.07, 6.45) is 2.11. The molecule has 0 saturated carbocycles. The monoisotopic (exact) mass is 149 g/mol. The fourth-order valence-corrected chi connectivity index (χ4v) is 1.12. The molecule has 0 unspecified atom stereocenters. The van der Waals surface area contributed by atoms with Crippen LogP contribution in [0.4, 0.5) is 0 Å². The molecule has 60 valence electrons. The third-order valence-corrected chi connectivity index (χ3v) is 1.95. The van der Waals surface area contributed by atoms with Crippen LogP contribution >= 0.6 is 0 Å².